The molecule has 0 aliphatic rings. The molecule has 0 unspecified atom stereocenters. The van der Waals surface area contributed by atoms with Crippen LogP contribution in [0.1, 0.15) is 97.8 Å². The van der Waals surface area contributed by atoms with Crippen LogP contribution in [0.15, 0.2) is 0 Å². The molecule has 0 rings (SSSR count). The lowest BCUT2D eigenvalue weighted by Crippen LogP contribution is -2.16. The molecule has 0 heterocycles. The molecule has 0 amide bonds. The van der Waals surface area contributed by atoms with Crippen LogP contribution in [0.4, 0.5) is 0 Å². The van der Waals surface area contributed by atoms with Crippen LogP contribution < -0.4 is 5.09 Å². The molecule has 0 aromatic carbocycles. The van der Waals surface area contributed by atoms with Gasteiger partial charge in [0.05, 0.1) is 13.2 Å². The lowest BCUT2D eigenvalue weighted by atomic mass is 10.1. The van der Waals surface area contributed by atoms with E-state index in [2.05, 4.69) is 12.0 Å². The maximum Gasteiger partial charge on any atom is 0.405 e. The largest absolute Gasteiger partial charge is 0.405 e. The Balaban J connectivity index is 3.34. The Morgan fingerprint density at radius 3 is 1.43 bits per heavy atom. The Morgan fingerprint density at radius 2 is 1.04 bits per heavy atom. The minimum atomic E-state index is -3.05. The first-order valence-corrected chi connectivity index (χ1v) is 11.4. The molecule has 0 aromatic rings. The summed E-state index contributed by atoms with van der Waals surface area (Å²) < 4.78 is 22.6. The van der Waals surface area contributed by atoms with Crippen molar-refractivity contribution in [2.75, 3.05) is 19.8 Å². The molecule has 0 saturated carbocycles. The van der Waals surface area contributed by atoms with Gasteiger partial charge in [0, 0.05) is 6.54 Å². The van der Waals surface area contributed by atoms with Crippen LogP contribution in [0.5, 0.6) is 0 Å². The Morgan fingerprint density at radius 1 is 0.652 bits per heavy atom. The van der Waals surface area contributed by atoms with E-state index in [1.807, 2.05) is 13.8 Å². The summed E-state index contributed by atoms with van der Waals surface area (Å²) in [6.45, 7) is 7.44. The van der Waals surface area contributed by atoms with E-state index in [0.29, 0.717) is 19.8 Å². The van der Waals surface area contributed by atoms with Crippen LogP contribution in [0.25, 0.3) is 0 Å². The molecule has 1 N–H and O–H groups in total. The van der Waals surface area contributed by atoms with Gasteiger partial charge in [0.2, 0.25) is 0 Å². The predicted molar refractivity (Wildman–Crippen MR) is 99.9 cm³/mol. The minimum absolute atomic E-state index is 0.405. The van der Waals surface area contributed by atoms with Crippen LogP contribution in [0, 0.1) is 0 Å². The van der Waals surface area contributed by atoms with Gasteiger partial charge in [-0.3, -0.25) is 9.05 Å². The van der Waals surface area contributed by atoms with Gasteiger partial charge < -0.3 is 0 Å². The zero-order valence-corrected chi connectivity index (χ0v) is 16.7. The standard InChI is InChI=1S/C18H40NO3P/c1-4-7-8-9-10-11-12-13-14-15-16-17-18-19-23(20,21-5-2)22-6-3/h4-18H2,1-3H3,(H,19,20). The molecule has 0 saturated heterocycles. The van der Waals surface area contributed by atoms with E-state index in [-0.39, 0.29) is 0 Å². The summed E-state index contributed by atoms with van der Waals surface area (Å²) in [6, 6.07) is 0. The van der Waals surface area contributed by atoms with E-state index < -0.39 is 7.75 Å². The number of rotatable bonds is 18. The molecule has 0 radical (unpaired) electrons. The Hall–Kier alpha value is 0.110. The maximum absolute atomic E-state index is 12.2. The minimum Gasteiger partial charge on any atom is -0.297 e. The highest BCUT2D eigenvalue weighted by Crippen LogP contribution is 2.43. The van der Waals surface area contributed by atoms with Gasteiger partial charge in [-0.1, -0.05) is 77.6 Å². The third kappa shape index (κ3) is 15.4. The van der Waals surface area contributed by atoms with Crippen LogP contribution >= 0.6 is 7.75 Å². The zero-order chi connectivity index (χ0) is 17.2. The second-order valence-electron chi connectivity index (χ2n) is 6.13. The Kier molecular flexibility index (Phi) is 17.0. The van der Waals surface area contributed by atoms with E-state index in [1.165, 1.54) is 70.6 Å². The van der Waals surface area contributed by atoms with Crippen molar-refractivity contribution >= 4 is 7.75 Å². The first-order chi connectivity index (χ1) is 11.2. The van der Waals surface area contributed by atoms with Gasteiger partial charge in [0.25, 0.3) is 0 Å². The van der Waals surface area contributed by atoms with Crippen molar-refractivity contribution < 1.29 is 13.6 Å². The fourth-order valence-corrected chi connectivity index (χ4v) is 4.02. The zero-order valence-electron chi connectivity index (χ0n) is 15.8. The van der Waals surface area contributed by atoms with Gasteiger partial charge in [-0.2, -0.15) is 0 Å². The van der Waals surface area contributed by atoms with Gasteiger partial charge in [0.15, 0.2) is 0 Å². The summed E-state index contributed by atoms with van der Waals surface area (Å²) in [5.74, 6) is 0. The molecule has 0 bridgehead atoms. The van der Waals surface area contributed by atoms with Crippen LogP contribution in [-0.2, 0) is 13.6 Å². The highest BCUT2D eigenvalue weighted by atomic mass is 31.2. The van der Waals surface area contributed by atoms with Crippen molar-refractivity contribution in [3.8, 4) is 0 Å². The van der Waals surface area contributed by atoms with E-state index in [1.54, 1.807) is 0 Å². The van der Waals surface area contributed by atoms with Gasteiger partial charge in [-0.25, -0.2) is 9.65 Å². The SMILES string of the molecule is CCCCCCCCCCCCCCNP(=O)(OCC)OCC. The Bertz CT molecular complexity index is 277. The monoisotopic (exact) mass is 349 g/mol. The molecule has 0 aliphatic heterocycles. The summed E-state index contributed by atoms with van der Waals surface area (Å²) in [5, 5.41) is 2.94. The van der Waals surface area contributed by atoms with Crippen LogP contribution in [0.2, 0.25) is 0 Å². The van der Waals surface area contributed by atoms with Crippen molar-refractivity contribution in [1.82, 2.24) is 5.09 Å². The van der Waals surface area contributed by atoms with Crippen LogP contribution in [-0.4, -0.2) is 19.8 Å². The molecule has 0 spiro atoms. The number of hydrogen-bond donors (Lipinski definition) is 1. The van der Waals surface area contributed by atoms with E-state index >= 15 is 0 Å². The third-order valence-corrected chi connectivity index (χ3v) is 5.74. The van der Waals surface area contributed by atoms with Crippen molar-refractivity contribution in [2.24, 2.45) is 0 Å². The molecule has 5 heteroatoms. The summed E-state index contributed by atoms with van der Waals surface area (Å²) in [6.07, 6.45) is 15.9. The van der Waals surface area contributed by atoms with Crippen LogP contribution in [0.3, 0.4) is 0 Å². The first-order valence-electron chi connectivity index (χ1n) is 9.82. The summed E-state index contributed by atoms with van der Waals surface area (Å²) >= 11 is 0. The van der Waals surface area contributed by atoms with E-state index in [9.17, 15) is 4.57 Å². The lowest BCUT2D eigenvalue weighted by molar-refractivity contribution is 0.210. The molecular formula is C18H40NO3P. The van der Waals surface area contributed by atoms with Crippen molar-refractivity contribution in [2.45, 2.75) is 97.8 Å². The van der Waals surface area contributed by atoms with E-state index in [4.69, 9.17) is 9.05 Å². The fraction of sp³-hybridized carbons (Fsp3) is 1.00. The number of hydrogen-bond acceptors (Lipinski definition) is 3. The highest BCUT2D eigenvalue weighted by Gasteiger charge is 2.21. The second-order valence-corrected chi connectivity index (χ2v) is 7.96. The number of nitrogens with one attached hydrogen (secondary N) is 1. The molecule has 0 aromatic heterocycles. The molecule has 0 atom stereocenters. The summed E-state index contributed by atoms with van der Waals surface area (Å²) in [7, 11) is -3.05. The second kappa shape index (κ2) is 17.0. The van der Waals surface area contributed by atoms with Gasteiger partial charge in [-0.05, 0) is 20.3 Å². The normalized spacial score (nSPS) is 12.0. The van der Waals surface area contributed by atoms with Gasteiger partial charge in [-0.15, -0.1) is 0 Å². The average Bonchev–Trinajstić information content (AvgIpc) is 2.52. The van der Waals surface area contributed by atoms with Gasteiger partial charge in [0.1, 0.15) is 0 Å². The molecule has 23 heavy (non-hydrogen) atoms. The molecular weight excluding hydrogens is 309 g/mol. The molecule has 4 nitrogen and oxygen atoms in total. The maximum atomic E-state index is 12.2. The van der Waals surface area contributed by atoms with Crippen molar-refractivity contribution in [1.29, 1.82) is 0 Å². The predicted octanol–water partition coefficient (Wildman–Crippen LogP) is 6.46. The first kappa shape index (κ1) is 23.1. The third-order valence-electron chi connectivity index (χ3n) is 3.93. The molecule has 0 fully saturated rings. The molecule has 140 valence electrons. The van der Waals surface area contributed by atoms with Crippen molar-refractivity contribution in [3.05, 3.63) is 0 Å². The van der Waals surface area contributed by atoms with E-state index in [0.717, 1.165) is 6.42 Å². The lowest BCUT2D eigenvalue weighted by Gasteiger charge is -2.17. The quantitative estimate of drug-likeness (QED) is 0.228. The smallest absolute Gasteiger partial charge is 0.297 e. The fourth-order valence-electron chi connectivity index (χ4n) is 2.65. The highest BCUT2D eigenvalue weighted by molar-refractivity contribution is 7.51. The average molecular weight is 349 g/mol. The van der Waals surface area contributed by atoms with Crippen molar-refractivity contribution in [3.63, 3.8) is 0 Å². The summed E-state index contributed by atoms with van der Waals surface area (Å²) in [5.41, 5.74) is 0. The topological polar surface area (TPSA) is 47.6 Å². The van der Waals surface area contributed by atoms with Gasteiger partial charge >= 0.3 is 7.75 Å². The summed E-state index contributed by atoms with van der Waals surface area (Å²) in [4.78, 5) is 0. The Labute approximate surface area is 144 Å². The number of unbranched alkanes of at least 4 members (excludes halogenated alkanes) is 11. The molecule has 0 aliphatic carbocycles.